The quantitative estimate of drug-likeness (QED) is 0.856. The zero-order chi connectivity index (χ0) is 19.6. The number of aliphatic carboxylic acids is 1. The number of alkyl halides is 3. The minimum atomic E-state index is -4.69. The third kappa shape index (κ3) is 4.18. The molecular formula is C18H16F3N3O3. The predicted octanol–water partition coefficient (Wildman–Crippen LogP) is 3.48. The predicted molar refractivity (Wildman–Crippen MR) is 90.9 cm³/mol. The zero-order valence-electron chi connectivity index (χ0n) is 14.0. The van der Waals surface area contributed by atoms with Crippen molar-refractivity contribution < 1.29 is 27.9 Å². The second kappa shape index (κ2) is 7.26. The lowest BCUT2D eigenvalue weighted by Gasteiger charge is -2.19. The number of hydrogen-bond acceptors (Lipinski definition) is 3. The number of rotatable bonds is 3. The number of nitrogens with one attached hydrogen (secondary N) is 1. The van der Waals surface area contributed by atoms with E-state index in [4.69, 9.17) is 5.11 Å². The lowest BCUT2D eigenvalue weighted by atomic mass is 9.96. The maximum atomic E-state index is 13.0. The smallest absolute Gasteiger partial charge is 0.394 e. The fraction of sp³-hybridized carbons (Fsp3) is 0.278. The molecule has 142 valence electrons. The van der Waals surface area contributed by atoms with Crippen LogP contribution in [0, 0.1) is 11.8 Å². The number of carboxylic acids is 1. The van der Waals surface area contributed by atoms with E-state index in [9.17, 15) is 22.8 Å². The Balaban J connectivity index is 1.74. The van der Waals surface area contributed by atoms with Gasteiger partial charge in [0.15, 0.2) is 0 Å². The molecule has 6 nitrogen and oxygen atoms in total. The number of carbonyl (C=O) groups is 2. The van der Waals surface area contributed by atoms with E-state index in [1.807, 2.05) is 30.3 Å². The normalized spacial score (nSPS) is 19.7. The minimum Gasteiger partial charge on any atom is -0.481 e. The SMILES string of the molecule is O=C(O)[C@@H]1CN(C(=O)Nc2ccnc(-c3ccccc3)c2)C[C@H]1C(F)(F)F. The van der Waals surface area contributed by atoms with Crippen molar-refractivity contribution in [3.63, 3.8) is 0 Å². The molecular weight excluding hydrogens is 363 g/mol. The van der Waals surface area contributed by atoms with Crippen molar-refractivity contribution in [2.75, 3.05) is 18.4 Å². The highest BCUT2D eigenvalue weighted by atomic mass is 19.4. The topological polar surface area (TPSA) is 82.5 Å². The molecule has 2 amide bonds. The van der Waals surface area contributed by atoms with E-state index in [0.717, 1.165) is 10.5 Å². The number of carboxylic acid groups (broad SMARTS) is 1. The number of anilines is 1. The molecule has 0 unspecified atom stereocenters. The molecule has 1 aromatic carbocycles. The lowest BCUT2D eigenvalue weighted by molar-refractivity contribution is -0.187. The lowest BCUT2D eigenvalue weighted by Crippen LogP contribution is -2.35. The Morgan fingerprint density at radius 3 is 2.44 bits per heavy atom. The molecule has 1 aliphatic heterocycles. The van der Waals surface area contributed by atoms with Gasteiger partial charge in [0.2, 0.25) is 0 Å². The number of benzene rings is 1. The van der Waals surface area contributed by atoms with Crippen LogP contribution in [0.3, 0.4) is 0 Å². The van der Waals surface area contributed by atoms with Gasteiger partial charge in [-0.15, -0.1) is 0 Å². The Morgan fingerprint density at radius 1 is 1.15 bits per heavy atom. The van der Waals surface area contributed by atoms with Crippen LogP contribution >= 0.6 is 0 Å². The number of amides is 2. The highest BCUT2D eigenvalue weighted by molar-refractivity contribution is 5.90. The molecule has 9 heteroatoms. The molecule has 0 bridgehead atoms. The van der Waals surface area contributed by atoms with E-state index < -0.39 is 43.1 Å². The minimum absolute atomic E-state index is 0.358. The second-order valence-electron chi connectivity index (χ2n) is 6.22. The fourth-order valence-corrected chi connectivity index (χ4v) is 3.03. The monoisotopic (exact) mass is 379 g/mol. The van der Waals surface area contributed by atoms with Crippen molar-refractivity contribution in [3.05, 3.63) is 48.7 Å². The highest BCUT2D eigenvalue weighted by Gasteiger charge is 2.53. The van der Waals surface area contributed by atoms with E-state index in [1.165, 1.54) is 12.3 Å². The number of hydrogen-bond donors (Lipinski definition) is 2. The molecule has 1 aromatic heterocycles. The molecule has 2 heterocycles. The van der Waals surface area contributed by atoms with Gasteiger partial charge in [-0.2, -0.15) is 13.2 Å². The molecule has 0 saturated carbocycles. The largest absolute Gasteiger partial charge is 0.481 e. The average Bonchev–Trinajstić information content (AvgIpc) is 3.09. The second-order valence-corrected chi connectivity index (χ2v) is 6.22. The Labute approximate surface area is 152 Å². The molecule has 0 aliphatic carbocycles. The van der Waals surface area contributed by atoms with Crippen LogP contribution in [0.2, 0.25) is 0 Å². The van der Waals surface area contributed by atoms with Gasteiger partial charge < -0.3 is 15.3 Å². The van der Waals surface area contributed by atoms with Crippen molar-refractivity contribution >= 4 is 17.7 Å². The van der Waals surface area contributed by atoms with Crippen LogP contribution in [0.4, 0.5) is 23.7 Å². The van der Waals surface area contributed by atoms with Crippen LogP contribution < -0.4 is 5.32 Å². The highest BCUT2D eigenvalue weighted by Crippen LogP contribution is 2.38. The Morgan fingerprint density at radius 2 is 1.85 bits per heavy atom. The average molecular weight is 379 g/mol. The van der Waals surface area contributed by atoms with Crippen LogP contribution in [0.25, 0.3) is 11.3 Å². The first-order chi connectivity index (χ1) is 12.8. The third-order valence-electron chi connectivity index (χ3n) is 4.43. The first-order valence-corrected chi connectivity index (χ1v) is 8.12. The summed E-state index contributed by atoms with van der Waals surface area (Å²) < 4.78 is 39.1. The van der Waals surface area contributed by atoms with E-state index >= 15 is 0 Å². The van der Waals surface area contributed by atoms with Crippen molar-refractivity contribution in [3.8, 4) is 11.3 Å². The van der Waals surface area contributed by atoms with Crippen LogP contribution in [0.15, 0.2) is 48.7 Å². The van der Waals surface area contributed by atoms with Gasteiger partial charge in [-0.05, 0) is 12.1 Å². The molecule has 0 spiro atoms. The molecule has 3 rings (SSSR count). The maximum absolute atomic E-state index is 13.0. The summed E-state index contributed by atoms with van der Waals surface area (Å²) in [5.74, 6) is -5.32. The van der Waals surface area contributed by atoms with Crippen LogP contribution in [0.5, 0.6) is 0 Å². The molecule has 2 atom stereocenters. The summed E-state index contributed by atoms with van der Waals surface area (Å²) in [4.78, 5) is 28.5. The molecule has 2 aromatic rings. The van der Waals surface area contributed by atoms with Gasteiger partial charge >= 0.3 is 18.2 Å². The van der Waals surface area contributed by atoms with Gasteiger partial charge in [-0.1, -0.05) is 30.3 Å². The fourth-order valence-electron chi connectivity index (χ4n) is 3.03. The van der Waals surface area contributed by atoms with Crippen molar-refractivity contribution in [1.29, 1.82) is 0 Å². The van der Waals surface area contributed by atoms with Crippen molar-refractivity contribution in [2.45, 2.75) is 6.18 Å². The Kier molecular flexibility index (Phi) is 5.02. The number of halogens is 3. The number of carbonyl (C=O) groups excluding carboxylic acids is 1. The van der Waals surface area contributed by atoms with E-state index in [-0.39, 0.29) is 0 Å². The van der Waals surface area contributed by atoms with E-state index in [1.54, 1.807) is 6.07 Å². The Bertz CT molecular complexity index is 842. The van der Waals surface area contributed by atoms with Crippen molar-refractivity contribution in [2.24, 2.45) is 11.8 Å². The van der Waals surface area contributed by atoms with Gasteiger partial charge in [0.05, 0.1) is 17.5 Å². The summed E-state index contributed by atoms with van der Waals surface area (Å²) in [5.41, 5.74) is 1.76. The summed E-state index contributed by atoms with van der Waals surface area (Å²) in [6.45, 7) is -1.19. The van der Waals surface area contributed by atoms with Crippen molar-refractivity contribution in [1.82, 2.24) is 9.88 Å². The number of nitrogens with zero attached hydrogens (tertiary/aromatic N) is 2. The van der Waals surface area contributed by atoms with Crippen LogP contribution in [0.1, 0.15) is 0 Å². The number of urea groups is 1. The molecule has 1 fully saturated rings. The third-order valence-corrected chi connectivity index (χ3v) is 4.43. The molecule has 27 heavy (non-hydrogen) atoms. The van der Waals surface area contributed by atoms with E-state index in [2.05, 4.69) is 10.3 Å². The van der Waals surface area contributed by atoms with Gasteiger partial charge in [-0.3, -0.25) is 9.78 Å². The molecule has 1 saturated heterocycles. The van der Waals surface area contributed by atoms with Crippen LogP contribution in [-0.4, -0.2) is 46.3 Å². The summed E-state index contributed by atoms with van der Waals surface area (Å²) in [6.07, 6.45) is -3.21. The number of aromatic nitrogens is 1. The molecule has 2 N–H and O–H groups in total. The standard InChI is InChI=1S/C18H16F3N3O3/c19-18(20,21)14-10-24(9-13(14)16(25)26)17(27)23-12-6-7-22-15(8-12)11-4-2-1-3-5-11/h1-8,13-14H,9-10H2,(H,25,26)(H,22,23,27)/t13-,14-/m1/s1. The van der Waals surface area contributed by atoms with Crippen LogP contribution in [-0.2, 0) is 4.79 Å². The van der Waals surface area contributed by atoms with Gasteiger partial charge in [0.1, 0.15) is 0 Å². The summed E-state index contributed by atoms with van der Waals surface area (Å²) in [5, 5.41) is 11.5. The first-order valence-electron chi connectivity index (χ1n) is 8.12. The van der Waals surface area contributed by atoms with E-state index in [0.29, 0.717) is 11.4 Å². The van der Waals surface area contributed by atoms with Gasteiger partial charge in [-0.25, -0.2) is 4.79 Å². The summed E-state index contributed by atoms with van der Waals surface area (Å²) in [7, 11) is 0. The molecule has 0 radical (unpaired) electrons. The Hall–Kier alpha value is -3.10. The maximum Gasteiger partial charge on any atom is 0.394 e. The zero-order valence-corrected chi connectivity index (χ0v) is 14.0. The van der Waals surface area contributed by atoms with Gasteiger partial charge in [0.25, 0.3) is 0 Å². The first kappa shape index (κ1) is 18.7. The van der Waals surface area contributed by atoms with Gasteiger partial charge in [0, 0.05) is 30.5 Å². The summed E-state index contributed by atoms with van der Waals surface area (Å²) >= 11 is 0. The molecule has 1 aliphatic rings. The number of pyridine rings is 1. The summed E-state index contributed by atoms with van der Waals surface area (Å²) in [6, 6.07) is 11.5. The number of likely N-dealkylation sites (tertiary alicyclic amines) is 1.